The van der Waals surface area contributed by atoms with Gasteiger partial charge in [-0.15, -0.1) is 0 Å². The summed E-state index contributed by atoms with van der Waals surface area (Å²) in [5.41, 5.74) is 2.59. The Morgan fingerprint density at radius 3 is 2.48 bits per heavy atom. The van der Waals surface area contributed by atoms with Crippen molar-refractivity contribution in [3.8, 4) is 0 Å². The number of aromatic nitrogens is 1. The van der Waals surface area contributed by atoms with Gasteiger partial charge in [-0.3, -0.25) is 4.98 Å². The molecule has 2 nitrogen and oxygen atoms in total. The number of hydrogen-bond acceptors (Lipinski definition) is 2. The van der Waals surface area contributed by atoms with Gasteiger partial charge in [0.1, 0.15) is 0 Å². The molecule has 0 fully saturated rings. The van der Waals surface area contributed by atoms with E-state index in [0.29, 0.717) is 5.92 Å². The Kier molecular flexibility index (Phi) is 6.40. The minimum atomic E-state index is 0.273. The van der Waals surface area contributed by atoms with Crippen LogP contribution in [0.4, 0.5) is 0 Å². The number of nitrogens with one attached hydrogen (secondary N) is 1. The number of halogens is 2. The van der Waals surface area contributed by atoms with Gasteiger partial charge in [-0.2, -0.15) is 0 Å². The van der Waals surface area contributed by atoms with Crippen molar-refractivity contribution in [2.75, 3.05) is 6.54 Å². The molecule has 2 aromatic rings. The summed E-state index contributed by atoms with van der Waals surface area (Å²) < 4.78 is 2.22. The van der Waals surface area contributed by atoms with Gasteiger partial charge in [-0.1, -0.05) is 51.8 Å². The van der Waals surface area contributed by atoms with Crippen molar-refractivity contribution in [3.05, 3.63) is 62.8 Å². The lowest BCUT2D eigenvalue weighted by Crippen LogP contribution is -2.27. The number of benzene rings is 1. The molecule has 2 unspecified atom stereocenters. The maximum Gasteiger partial charge on any atom is 0.0398 e. The molecular formula is C17H20Br2N2. The molecule has 112 valence electrons. The highest BCUT2D eigenvalue weighted by Gasteiger charge is 2.22. The van der Waals surface area contributed by atoms with Gasteiger partial charge in [0.25, 0.3) is 0 Å². The normalized spacial score (nSPS) is 13.9. The molecule has 0 spiro atoms. The summed E-state index contributed by atoms with van der Waals surface area (Å²) in [6, 6.07) is 10.8. The fourth-order valence-electron chi connectivity index (χ4n) is 2.47. The first kappa shape index (κ1) is 16.7. The van der Waals surface area contributed by atoms with Crippen LogP contribution < -0.4 is 5.32 Å². The molecule has 1 N–H and O–H groups in total. The Bertz CT molecular complexity index is 572. The van der Waals surface area contributed by atoms with Crippen LogP contribution in [-0.2, 0) is 0 Å². The number of nitrogens with zero attached hydrogens (tertiary/aromatic N) is 1. The molecule has 0 aliphatic carbocycles. The molecule has 0 radical (unpaired) electrons. The largest absolute Gasteiger partial charge is 0.309 e. The van der Waals surface area contributed by atoms with E-state index in [0.717, 1.165) is 21.9 Å². The van der Waals surface area contributed by atoms with Gasteiger partial charge in [0.2, 0.25) is 0 Å². The average Bonchev–Trinajstić information content (AvgIpc) is 2.50. The van der Waals surface area contributed by atoms with E-state index >= 15 is 0 Å². The van der Waals surface area contributed by atoms with E-state index in [1.165, 1.54) is 11.1 Å². The first-order chi connectivity index (χ1) is 10.1. The molecule has 0 saturated carbocycles. The van der Waals surface area contributed by atoms with Gasteiger partial charge in [0, 0.05) is 33.3 Å². The molecular weight excluding hydrogens is 392 g/mol. The van der Waals surface area contributed by atoms with Crippen LogP contribution in [0.2, 0.25) is 0 Å². The second-order valence-electron chi connectivity index (χ2n) is 5.17. The van der Waals surface area contributed by atoms with E-state index in [9.17, 15) is 0 Å². The minimum absolute atomic E-state index is 0.273. The molecule has 1 aromatic heterocycles. The summed E-state index contributed by atoms with van der Waals surface area (Å²) in [6.07, 6.45) is 4.84. The molecule has 1 heterocycles. The van der Waals surface area contributed by atoms with Crippen molar-refractivity contribution in [2.24, 2.45) is 0 Å². The zero-order valence-electron chi connectivity index (χ0n) is 12.3. The van der Waals surface area contributed by atoms with Crippen LogP contribution in [0.5, 0.6) is 0 Å². The molecule has 0 bridgehead atoms. The molecule has 0 aliphatic heterocycles. The topological polar surface area (TPSA) is 24.9 Å². The molecule has 0 amide bonds. The lowest BCUT2D eigenvalue weighted by Gasteiger charge is -2.27. The van der Waals surface area contributed by atoms with E-state index in [1.807, 2.05) is 12.4 Å². The average molecular weight is 412 g/mol. The Morgan fingerprint density at radius 1 is 1.14 bits per heavy atom. The zero-order valence-corrected chi connectivity index (χ0v) is 15.5. The predicted octanol–water partition coefficient (Wildman–Crippen LogP) is 5.45. The van der Waals surface area contributed by atoms with Crippen molar-refractivity contribution in [3.63, 3.8) is 0 Å². The molecule has 0 saturated heterocycles. The Hall–Kier alpha value is -0.710. The third kappa shape index (κ3) is 4.38. The molecule has 1 aromatic carbocycles. The van der Waals surface area contributed by atoms with Crippen LogP contribution in [-0.4, -0.2) is 11.5 Å². The SMILES string of the molecule is CCCNC(c1ccc(Br)cc1Br)C(C)c1ccncc1. The zero-order chi connectivity index (χ0) is 15.2. The van der Waals surface area contributed by atoms with E-state index in [2.05, 4.69) is 86.3 Å². The Labute approximate surface area is 143 Å². The Morgan fingerprint density at radius 2 is 1.86 bits per heavy atom. The van der Waals surface area contributed by atoms with Gasteiger partial charge < -0.3 is 5.32 Å². The summed E-state index contributed by atoms with van der Waals surface area (Å²) >= 11 is 7.22. The molecule has 2 rings (SSSR count). The summed E-state index contributed by atoms with van der Waals surface area (Å²) in [7, 11) is 0. The Balaban J connectivity index is 2.33. The second-order valence-corrected chi connectivity index (χ2v) is 6.94. The quantitative estimate of drug-likeness (QED) is 0.683. The van der Waals surface area contributed by atoms with Crippen LogP contribution >= 0.6 is 31.9 Å². The highest BCUT2D eigenvalue weighted by Crippen LogP contribution is 2.35. The van der Waals surface area contributed by atoms with Crippen LogP contribution in [0.1, 0.15) is 43.4 Å². The number of hydrogen-bond donors (Lipinski definition) is 1. The minimum Gasteiger partial charge on any atom is -0.309 e. The van der Waals surface area contributed by atoms with Crippen molar-refractivity contribution < 1.29 is 0 Å². The van der Waals surface area contributed by atoms with Gasteiger partial charge in [0.05, 0.1) is 0 Å². The first-order valence-electron chi connectivity index (χ1n) is 7.21. The van der Waals surface area contributed by atoms with Crippen molar-refractivity contribution in [2.45, 2.75) is 32.2 Å². The van der Waals surface area contributed by atoms with E-state index in [1.54, 1.807) is 0 Å². The highest BCUT2D eigenvalue weighted by molar-refractivity contribution is 9.11. The second kappa shape index (κ2) is 8.06. The standard InChI is InChI=1S/C17H20Br2N2/c1-3-8-21-17(12(2)13-6-9-20-10-7-13)15-5-4-14(18)11-16(15)19/h4-7,9-12,17,21H,3,8H2,1-2H3. The molecule has 21 heavy (non-hydrogen) atoms. The van der Waals surface area contributed by atoms with Crippen LogP contribution in [0, 0.1) is 0 Å². The lowest BCUT2D eigenvalue weighted by molar-refractivity contribution is 0.464. The van der Waals surface area contributed by atoms with E-state index in [-0.39, 0.29) is 6.04 Å². The number of rotatable bonds is 6. The number of pyridine rings is 1. The molecule has 2 atom stereocenters. The van der Waals surface area contributed by atoms with E-state index in [4.69, 9.17) is 0 Å². The summed E-state index contributed by atoms with van der Waals surface area (Å²) in [4.78, 5) is 4.12. The van der Waals surface area contributed by atoms with Gasteiger partial charge in [-0.25, -0.2) is 0 Å². The summed E-state index contributed by atoms with van der Waals surface area (Å²) in [6.45, 7) is 5.46. The summed E-state index contributed by atoms with van der Waals surface area (Å²) in [5, 5.41) is 3.68. The molecule has 4 heteroatoms. The van der Waals surface area contributed by atoms with Gasteiger partial charge in [-0.05, 0) is 48.4 Å². The van der Waals surface area contributed by atoms with Crippen LogP contribution in [0.15, 0.2) is 51.7 Å². The third-order valence-corrected chi connectivity index (χ3v) is 4.82. The molecule has 0 aliphatic rings. The van der Waals surface area contributed by atoms with Crippen molar-refractivity contribution in [1.29, 1.82) is 0 Å². The van der Waals surface area contributed by atoms with Crippen molar-refractivity contribution in [1.82, 2.24) is 10.3 Å². The maximum atomic E-state index is 4.12. The van der Waals surface area contributed by atoms with Crippen molar-refractivity contribution >= 4 is 31.9 Å². The first-order valence-corrected chi connectivity index (χ1v) is 8.80. The van der Waals surface area contributed by atoms with E-state index < -0.39 is 0 Å². The fraction of sp³-hybridized carbons (Fsp3) is 0.353. The van der Waals surface area contributed by atoms with Crippen LogP contribution in [0.25, 0.3) is 0 Å². The van der Waals surface area contributed by atoms with Crippen LogP contribution in [0.3, 0.4) is 0 Å². The third-order valence-electron chi connectivity index (χ3n) is 3.64. The predicted molar refractivity (Wildman–Crippen MR) is 95.5 cm³/mol. The smallest absolute Gasteiger partial charge is 0.0398 e. The summed E-state index contributed by atoms with van der Waals surface area (Å²) in [5.74, 6) is 0.372. The maximum absolute atomic E-state index is 4.12. The lowest BCUT2D eigenvalue weighted by atomic mass is 9.89. The fourth-order valence-corrected chi connectivity index (χ4v) is 3.76. The van der Waals surface area contributed by atoms with Gasteiger partial charge in [0.15, 0.2) is 0 Å². The highest BCUT2D eigenvalue weighted by atomic mass is 79.9. The monoisotopic (exact) mass is 410 g/mol. The van der Waals surface area contributed by atoms with Gasteiger partial charge >= 0.3 is 0 Å².